The molecule has 138 valence electrons. The van der Waals surface area contributed by atoms with Crippen LogP contribution in [0.3, 0.4) is 0 Å². The van der Waals surface area contributed by atoms with Crippen LogP contribution in [0.5, 0.6) is 0 Å². The van der Waals surface area contributed by atoms with E-state index in [2.05, 4.69) is 15.5 Å². The standard InChI is InChI=1S/C17H19N3O5S/c1-17(2,3)25-16(23)19-15-18-12(10-26-15)13(14(21)22)20-24-9-11-7-5-4-6-8-11/h4-8,10H,9H2,1-3H3,(H,21,22)(H,18,19,23)/b20-13+. The zero-order valence-electron chi connectivity index (χ0n) is 14.6. The number of carbonyl (C=O) groups is 2. The van der Waals surface area contributed by atoms with Gasteiger partial charge in [0, 0.05) is 5.38 Å². The van der Waals surface area contributed by atoms with Crippen LogP contribution in [0.1, 0.15) is 32.0 Å². The minimum absolute atomic E-state index is 0.0848. The fraction of sp³-hybridized carbons (Fsp3) is 0.294. The van der Waals surface area contributed by atoms with Crippen LogP contribution in [-0.4, -0.2) is 33.5 Å². The molecule has 1 aromatic heterocycles. The number of aromatic nitrogens is 1. The number of oxime groups is 1. The quantitative estimate of drug-likeness (QED) is 0.589. The fourth-order valence-electron chi connectivity index (χ4n) is 1.77. The van der Waals surface area contributed by atoms with Gasteiger partial charge in [-0.2, -0.15) is 0 Å². The van der Waals surface area contributed by atoms with E-state index in [1.54, 1.807) is 20.8 Å². The molecule has 2 N–H and O–H groups in total. The molecule has 2 aromatic rings. The predicted molar refractivity (Wildman–Crippen MR) is 97.4 cm³/mol. The van der Waals surface area contributed by atoms with Crippen LogP contribution in [0.15, 0.2) is 40.9 Å². The number of rotatable bonds is 6. The van der Waals surface area contributed by atoms with Crippen LogP contribution < -0.4 is 5.32 Å². The van der Waals surface area contributed by atoms with Crippen LogP contribution >= 0.6 is 11.3 Å². The maximum absolute atomic E-state index is 11.7. The Balaban J connectivity index is 2.04. The Morgan fingerprint density at radius 2 is 1.96 bits per heavy atom. The lowest BCUT2D eigenvalue weighted by Crippen LogP contribution is -2.27. The average molecular weight is 377 g/mol. The lowest BCUT2D eigenvalue weighted by atomic mass is 10.2. The Hall–Kier alpha value is -2.94. The number of amides is 1. The molecule has 2 rings (SSSR count). The Bertz CT molecular complexity index is 796. The van der Waals surface area contributed by atoms with E-state index in [0.717, 1.165) is 16.9 Å². The van der Waals surface area contributed by atoms with E-state index < -0.39 is 17.7 Å². The molecule has 1 amide bonds. The number of aliphatic carboxylic acids is 1. The number of anilines is 1. The minimum atomic E-state index is -1.29. The van der Waals surface area contributed by atoms with Gasteiger partial charge in [0.2, 0.25) is 5.71 Å². The van der Waals surface area contributed by atoms with Gasteiger partial charge >= 0.3 is 12.1 Å². The summed E-state index contributed by atoms with van der Waals surface area (Å²) < 4.78 is 5.12. The van der Waals surface area contributed by atoms with Gasteiger partial charge in [-0.1, -0.05) is 35.5 Å². The number of benzene rings is 1. The molecule has 0 unspecified atom stereocenters. The maximum atomic E-state index is 11.7. The van der Waals surface area contributed by atoms with Gasteiger partial charge in [-0.15, -0.1) is 11.3 Å². The monoisotopic (exact) mass is 377 g/mol. The fourth-order valence-corrected chi connectivity index (χ4v) is 2.45. The second-order valence-electron chi connectivity index (χ2n) is 6.17. The normalized spacial score (nSPS) is 11.7. The summed E-state index contributed by atoms with van der Waals surface area (Å²) in [6, 6.07) is 9.22. The van der Waals surface area contributed by atoms with Crippen LogP contribution in [-0.2, 0) is 21.0 Å². The lowest BCUT2D eigenvalue weighted by Gasteiger charge is -2.18. The van der Waals surface area contributed by atoms with E-state index >= 15 is 0 Å². The third kappa shape index (κ3) is 6.17. The van der Waals surface area contributed by atoms with Gasteiger partial charge in [0.1, 0.15) is 17.9 Å². The topological polar surface area (TPSA) is 110 Å². The zero-order chi connectivity index (χ0) is 19.2. The molecule has 0 aliphatic carbocycles. The van der Waals surface area contributed by atoms with Gasteiger partial charge in [-0.25, -0.2) is 14.6 Å². The van der Waals surface area contributed by atoms with Crippen molar-refractivity contribution >= 4 is 34.2 Å². The van der Waals surface area contributed by atoms with Crippen LogP contribution in [0, 0.1) is 0 Å². The molecule has 0 atom stereocenters. The molecule has 0 aliphatic heterocycles. The summed E-state index contributed by atoms with van der Waals surface area (Å²) in [5.41, 5.74) is -0.0639. The van der Waals surface area contributed by atoms with Gasteiger partial charge in [-0.05, 0) is 26.3 Å². The second kappa shape index (κ2) is 8.43. The van der Waals surface area contributed by atoms with Gasteiger partial charge in [0.05, 0.1) is 0 Å². The number of hydrogen-bond acceptors (Lipinski definition) is 7. The number of thiazole rings is 1. The molecule has 0 saturated carbocycles. The van der Waals surface area contributed by atoms with Crippen molar-refractivity contribution in [2.75, 3.05) is 5.32 Å². The van der Waals surface area contributed by atoms with Crippen LogP contribution in [0.25, 0.3) is 0 Å². The van der Waals surface area contributed by atoms with E-state index in [9.17, 15) is 14.7 Å². The first-order chi connectivity index (χ1) is 12.2. The van der Waals surface area contributed by atoms with E-state index in [1.165, 1.54) is 5.38 Å². The Morgan fingerprint density at radius 3 is 2.58 bits per heavy atom. The third-order valence-electron chi connectivity index (χ3n) is 2.79. The molecule has 0 fully saturated rings. The molecule has 1 aromatic carbocycles. The van der Waals surface area contributed by atoms with Crippen molar-refractivity contribution in [3.63, 3.8) is 0 Å². The summed E-state index contributed by atoms with van der Waals surface area (Å²) in [6.45, 7) is 5.34. The van der Waals surface area contributed by atoms with Crippen molar-refractivity contribution in [1.82, 2.24) is 4.98 Å². The first kappa shape index (κ1) is 19.4. The summed E-state index contributed by atoms with van der Waals surface area (Å²) in [5, 5.41) is 17.1. The van der Waals surface area contributed by atoms with Crippen molar-refractivity contribution in [1.29, 1.82) is 0 Å². The van der Waals surface area contributed by atoms with Crippen molar-refractivity contribution in [3.05, 3.63) is 47.0 Å². The highest BCUT2D eigenvalue weighted by Gasteiger charge is 2.20. The third-order valence-corrected chi connectivity index (χ3v) is 3.54. The maximum Gasteiger partial charge on any atom is 0.413 e. The first-order valence-corrected chi connectivity index (χ1v) is 8.55. The van der Waals surface area contributed by atoms with E-state index in [4.69, 9.17) is 9.57 Å². The van der Waals surface area contributed by atoms with E-state index in [-0.39, 0.29) is 23.1 Å². The van der Waals surface area contributed by atoms with Gasteiger partial charge in [-0.3, -0.25) is 5.32 Å². The number of carboxylic acids is 1. The molecule has 0 saturated heterocycles. The Labute approximate surface area is 154 Å². The summed E-state index contributed by atoms with van der Waals surface area (Å²) in [5.74, 6) is -1.29. The summed E-state index contributed by atoms with van der Waals surface area (Å²) in [7, 11) is 0. The molecule has 0 aliphatic rings. The number of carbonyl (C=O) groups excluding carboxylic acids is 1. The van der Waals surface area contributed by atoms with E-state index in [0.29, 0.717) is 0 Å². The predicted octanol–water partition coefficient (Wildman–Crippen LogP) is 3.50. The van der Waals surface area contributed by atoms with Crippen LogP contribution in [0.4, 0.5) is 9.93 Å². The Kier molecular flexibility index (Phi) is 6.29. The highest BCUT2D eigenvalue weighted by atomic mass is 32.1. The number of ether oxygens (including phenoxy) is 1. The van der Waals surface area contributed by atoms with Gasteiger partial charge in [0.25, 0.3) is 0 Å². The number of nitrogens with one attached hydrogen (secondary N) is 1. The van der Waals surface area contributed by atoms with Crippen molar-refractivity contribution in [2.45, 2.75) is 33.0 Å². The first-order valence-electron chi connectivity index (χ1n) is 7.67. The zero-order valence-corrected chi connectivity index (χ0v) is 15.4. The highest BCUT2D eigenvalue weighted by molar-refractivity contribution is 7.14. The number of nitrogens with zero attached hydrogens (tertiary/aromatic N) is 2. The van der Waals surface area contributed by atoms with E-state index in [1.807, 2.05) is 30.3 Å². The minimum Gasteiger partial charge on any atom is -0.476 e. The average Bonchev–Trinajstić information content (AvgIpc) is 2.98. The summed E-state index contributed by atoms with van der Waals surface area (Å²) >= 11 is 1.06. The van der Waals surface area contributed by atoms with Crippen LogP contribution in [0.2, 0.25) is 0 Å². The molecular weight excluding hydrogens is 358 g/mol. The van der Waals surface area contributed by atoms with Gasteiger partial charge in [0.15, 0.2) is 5.13 Å². The number of hydrogen-bond donors (Lipinski definition) is 2. The lowest BCUT2D eigenvalue weighted by molar-refractivity contribution is -0.129. The molecule has 9 heteroatoms. The largest absolute Gasteiger partial charge is 0.476 e. The number of carboxylic acid groups (broad SMARTS) is 1. The molecule has 0 radical (unpaired) electrons. The second-order valence-corrected chi connectivity index (χ2v) is 7.03. The SMILES string of the molecule is CC(C)(C)OC(=O)Nc1nc(/C(=N\OCc2ccccc2)C(=O)O)cs1. The Morgan fingerprint density at radius 1 is 1.27 bits per heavy atom. The van der Waals surface area contributed by atoms with Crippen molar-refractivity contribution in [2.24, 2.45) is 5.16 Å². The molecule has 1 heterocycles. The summed E-state index contributed by atoms with van der Waals surface area (Å²) in [6.07, 6.45) is -0.674. The van der Waals surface area contributed by atoms with Gasteiger partial charge < -0.3 is 14.7 Å². The molecule has 8 nitrogen and oxygen atoms in total. The molecular formula is C17H19N3O5S. The molecule has 26 heavy (non-hydrogen) atoms. The molecule has 0 spiro atoms. The smallest absolute Gasteiger partial charge is 0.413 e. The van der Waals surface area contributed by atoms with Crippen molar-refractivity contribution in [3.8, 4) is 0 Å². The van der Waals surface area contributed by atoms with Crippen molar-refractivity contribution < 1.29 is 24.3 Å². The summed E-state index contributed by atoms with van der Waals surface area (Å²) in [4.78, 5) is 32.3. The highest BCUT2D eigenvalue weighted by Crippen LogP contribution is 2.18. The molecule has 0 bridgehead atoms.